The van der Waals surface area contributed by atoms with E-state index in [0.717, 1.165) is 6.08 Å². The highest BCUT2D eigenvalue weighted by Crippen LogP contribution is 2.50. The summed E-state index contributed by atoms with van der Waals surface area (Å²) in [4.78, 5) is 10.9. The van der Waals surface area contributed by atoms with Crippen LogP contribution in [-0.2, 0) is 27.7 Å². The van der Waals surface area contributed by atoms with Crippen molar-refractivity contribution in [3.05, 3.63) is 11.8 Å². The number of carbonyl (C=O) groups is 1. The Morgan fingerprint density at radius 1 is 1.25 bits per heavy atom. The molecule has 7 heteroatoms. The van der Waals surface area contributed by atoms with Crippen molar-refractivity contribution in [3.63, 3.8) is 0 Å². The molecule has 0 radical (unpaired) electrons. The molecule has 0 aliphatic heterocycles. The van der Waals surface area contributed by atoms with Crippen LogP contribution in [-0.4, -0.2) is 26.3 Å². The number of rotatable bonds is 7. The average Bonchev–Trinajstić information content (AvgIpc) is 2.17. The summed E-state index contributed by atoms with van der Waals surface area (Å²) < 4.78 is 30.9. The third-order valence-electron chi connectivity index (χ3n) is 1.35. The smallest absolute Gasteiger partial charge is 0.466 e. The first-order valence-corrected chi connectivity index (χ1v) is 6.28. The minimum Gasteiger partial charge on any atom is -0.466 e. The number of esters is 1. The molecule has 0 aromatic rings. The van der Waals surface area contributed by atoms with Crippen molar-refractivity contribution in [2.75, 3.05) is 20.3 Å². The van der Waals surface area contributed by atoms with Crippen molar-refractivity contribution in [3.8, 4) is 0 Å². The monoisotopic (exact) mass is 252 g/mol. The molecule has 0 rings (SSSR count). The second kappa shape index (κ2) is 7.44. The minimum absolute atomic E-state index is 0.108. The zero-order valence-corrected chi connectivity index (χ0v) is 10.8. The summed E-state index contributed by atoms with van der Waals surface area (Å²) in [5.74, 6) is -0.492. The Hall–Kier alpha value is -0.840. The maximum Gasteiger partial charge on any atom is 0.529 e. The van der Waals surface area contributed by atoms with E-state index < -0.39 is 13.8 Å². The number of phosphoric ester groups is 1. The van der Waals surface area contributed by atoms with E-state index in [-0.39, 0.29) is 19.0 Å². The van der Waals surface area contributed by atoms with E-state index in [1.165, 1.54) is 14.0 Å². The van der Waals surface area contributed by atoms with Gasteiger partial charge in [0.25, 0.3) is 0 Å². The summed E-state index contributed by atoms with van der Waals surface area (Å²) in [5, 5.41) is 0. The summed E-state index contributed by atoms with van der Waals surface area (Å²) in [6, 6.07) is 0. The molecule has 0 spiro atoms. The molecule has 0 atom stereocenters. The van der Waals surface area contributed by atoms with Gasteiger partial charge in [0.15, 0.2) is 0 Å². The largest absolute Gasteiger partial charge is 0.529 e. The first kappa shape index (κ1) is 15.2. The van der Waals surface area contributed by atoms with Gasteiger partial charge in [-0.05, 0) is 20.8 Å². The Bertz CT molecular complexity index is 288. The Kier molecular flexibility index (Phi) is 7.05. The van der Waals surface area contributed by atoms with Crippen LogP contribution in [0.25, 0.3) is 0 Å². The fraction of sp³-hybridized carbons (Fsp3) is 0.667. The van der Waals surface area contributed by atoms with Gasteiger partial charge in [-0.25, -0.2) is 9.36 Å². The molecular weight excluding hydrogens is 235 g/mol. The Labute approximate surface area is 95.1 Å². The molecule has 0 fully saturated rings. The van der Waals surface area contributed by atoms with Crippen LogP contribution in [0, 0.1) is 0 Å². The zero-order chi connectivity index (χ0) is 12.6. The van der Waals surface area contributed by atoms with Crippen LogP contribution >= 0.6 is 7.82 Å². The second-order valence-electron chi connectivity index (χ2n) is 2.65. The maximum atomic E-state index is 11.8. The highest BCUT2D eigenvalue weighted by atomic mass is 31.2. The SMILES string of the molecule is CCOP(=O)(OCC)O/C(C)=C\C(=O)OC. The van der Waals surface area contributed by atoms with Crippen LogP contribution in [0.4, 0.5) is 0 Å². The Morgan fingerprint density at radius 2 is 1.75 bits per heavy atom. The molecule has 0 aromatic heterocycles. The van der Waals surface area contributed by atoms with Gasteiger partial charge in [-0.1, -0.05) is 0 Å². The number of carbonyl (C=O) groups excluding carboxylic acids is 1. The molecule has 0 aliphatic rings. The van der Waals surface area contributed by atoms with Gasteiger partial charge < -0.3 is 9.26 Å². The Balaban J connectivity index is 4.57. The standard InChI is InChI=1S/C9H17O6P/c1-5-13-16(11,14-6-2)15-8(3)7-9(10)12-4/h7H,5-6H2,1-4H3/b8-7-. The molecule has 0 bridgehead atoms. The van der Waals surface area contributed by atoms with E-state index in [4.69, 9.17) is 13.6 Å². The molecule has 0 heterocycles. The lowest BCUT2D eigenvalue weighted by molar-refractivity contribution is -0.135. The molecule has 0 saturated carbocycles. The van der Waals surface area contributed by atoms with Crippen LogP contribution in [0.3, 0.4) is 0 Å². The number of ether oxygens (including phenoxy) is 1. The van der Waals surface area contributed by atoms with Crippen LogP contribution in [0.15, 0.2) is 11.8 Å². The lowest BCUT2D eigenvalue weighted by Crippen LogP contribution is -2.01. The van der Waals surface area contributed by atoms with Crippen LogP contribution in [0.1, 0.15) is 20.8 Å². The van der Waals surface area contributed by atoms with Gasteiger partial charge in [0.2, 0.25) is 0 Å². The highest BCUT2D eigenvalue weighted by Gasteiger charge is 2.27. The number of methoxy groups -OCH3 is 1. The van der Waals surface area contributed by atoms with E-state index >= 15 is 0 Å². The van der Waals surface area contributed by atoms with Crippen molar-refractivity contribution in [2.45, 2.75) is 20.8 Å². The van der Waals surface area contributed by atoms with E-state index in [2.05, 4.69) is 4.74 Å². The average molecular weight is 252 g/mol. The number of phosphoric acid groups is 1. The normalized spacial score (nSPS) is 12.4. The van der Waals surface area contributed by atoms with Gasteiger partial charge in [-0.3, -0.25) is 9.05 Å². The van der Waals surface area contributed by atoms with Crippen molar-refractivity contribution >= 4 is 13.8 Å². The van der Waals surface area contributed by atoms with Crippen molar-refractivity contribution in [1.29, 1.82) is 0 Å². The van der Waals surface area contributed by atoms with Gasteiger partial charge in [0.1, 0.15) is 5.76 Å². The molecule has 94 valence electrons. The molecule has 0 N–H and O–H groups in total. The Morgan fingerprint density at radius 3 is 2.12 bits per heavy atom. The lowest BCUT2D eigenvalue weighted by atomic mass is 10.5. The molecule has 0 saturated heterocycles. The van der Waals surface area contributed by atoms with Gasteiger partial charge >= 0.3 is 13.8 Å². The predicted octanol–water partition coefficient (Wildman–Crippen LogP) is 2.26. The fourth-order valence-electron chi connectivity index (χ4n) is 0.834. The van der Waals surface area contributed by atoms with Gasteiger partial charge in [-0.15, -0.1) is 0 Å². The highest BCUT2D eigenvalue weighted by molar-refractivity contribution is 7.48. The van der Waals surface area contributed by atoms with Gasteiger partial charge in [-0.2, -0.15) is 0 Å². The molecule has 0 amide bonds. The third-order valence-corrected chi connectivity index (χ3v) is 3.01. The minimum atomic E-state index is -3.62. The van der Waals surface area contributed by atoms with Gasteiger partial charge in [0, 0.05) is 0 Å². The summed E-state index contributed by atoms with van der Waals surface area (Å²) in [7, 11) is -2.39. The molecule has 6 nitrogen and oxygen atoms in total. The van der Waals surface area contributed by atoms with Crippen LogP contribution in [0.5, 0.6) is 0 Å². The van der Waals surface area contributed by atoms with Crippen molar-refractivity contribution in [1.82, 2.24) is 0 Å². The van der Waals surface area contributed by atoms with E-state index in [0.29, 0.717) is 0 Å². The summed E-state index contributed by atoms with van der Waals surface area (Å²) in [6.45, 7) is 5.15. The van der Waals surface area contributed by atoms with E-state index in [9.17, 15) is 9.36 Å². The number of hydrogen-bond acceptors (Lipinski definition) is 6. The molecule has 0 aliphatic carbocycles. The zero-order valence-electron chi connectivity index (χ0n) is 9.89. The van der Waals surface area contributed by atoms with Crippen LogP contribution in [0.2, 0.25) is 0 Å². The van der Waals surface area contributed by atoms with Crippen molar-refractivity contribution < 1.29 is 27.7 Å². The predicted molar refractivity (Wildman–Crippen MR) is 57.7 cm³/mol. The molecular formula is C9H17O6P. The van der Waals surface area contributed by atoms with E-state index in [1.807, 2.05) is 0 Å². The molecule has 16 heavy (non-hydrogen) atoms. The van der Waals surface area contributed by atoms with Gasteiger partial charge in [0.05, 0.1) is 26.4 Å². The quantitative estimate of drug-likeness (QED) is 0.299. The topological polar surface area (TPSA) is 71.1 Å². The number of allylic oxidation sites excluding steroid dienone is 1. The molecule has 0 aromatic carbocycles. The fourth-order valence-corrected chi connectivity index (χ4v) is 2.05. The summed E-state index contributed by atoms with van der Waals surface area (Å²) in [6.07, 6.45) is 1.06. The first-order valence-electron chi connectivity index (χ1n) is 4.82. The van der Waals surface area contributed by atoms with Crippen LogP contribution < -0.4 is 0 Å². The maximum absolute atomic E-state index is 11.8. The van der Waals surface area contributed by atoms with E-state index in [1.54, 1.807) is 13.8 Å². The van der Waals surface area contributed by atoms with Crippen molar-refractivity contribution in [2.24, 2.45) is 0 Å². The number of hydrogen-bond donors (Lipinski definition) is 0. The molecule has 0 unspecified atom stereocenters. The first-order chi connectivity index (χ1) is 7.47. The lowest BCUT2D eigenvalue weighted by Gasteiger charge is -2.16. The summed E-state index contributed by atoms with van der Waals surface area (Å²) in [5.41, 5.74) is 0. The third kappa shape index (κ3) is 5.90. The second-order valence-corrected chi connectivity index (χ2v) is 4.25. The summed E-state index contributed by atoms with van der Waals surface area (Å²) >= 11 is 0.